The molecule has 140 valence electrons. The second-order valence-corrected chi connectivity index (χ2v) is 6.32. The van der Waals surface area contributed by atoms with Crippen molar-refractivity contribution in [2.75, 3.05) is 13.2 Å². The lowest BCUT2D eigenvalue weighted by molar-refractivity contribution is 0.0952. The molecule has 0 atom stereocenters. The van der Waals surface area contributed by atoms with Gasteiger partial charge in [0.25, 0.3) is 5.91 Å². The molecule has 0 unspecified atom stereocenters. The summed E-state index contributed by atoms with van der Waals surface area (Å²) in [5.41, 5.74) is 2.69. The number of amides is 1. The first-order valence-corrected chi connectivity index (χ1v) is 9.37. The predicted molar refractivity (Wildman–Crippen MR) is 105 cm³/mol. The molecule has 0 radical (unpaired) electrons. The maximum atomic E-state index is 12.3. The second kappa shape index (κ2) is 10.5. The molecule has 2 aromatic rings. The number of carbonyl (C=O) groups excluding carboxylic acids is 1. The van der Waals surface area contributed by atoms with Crippen molar-refractivity contribution in [3.05, 3.63) is 59.2 Å². The number of aryl methyl sites for hydroxylation is 1. The van der Waals surface area contributed by atoms with Gasteiger partial charge in [-0.25, -0.2) is 0 Å². The normalized spacial score (nSPS) is 10.4. The van der Waals surface area contributed by atoms with E-state index in [1.165, 1.54) is 5.56 Å². The predicted octanol–water partition coefficient (Wildman–Crippen LogP) is 4.89. The van der Waals surface area contributed by atoms with Gasteiger partial charge in [0.2, 0.25) is 0 Å². The van der Waals surface area contributed by atoms with Gasteiger partial charge in [0.15, 0.2) is 0 Å². The number of unbranched alkanes of at least 4 members (excludes halogenated alkanes) is 2. The van der Waals surface area contributed by atoms with Gasteiger partial charge in [-0.2, -0.15) is 0 Å². The zero-order valence-electron chi connectivity index (χ0n) is 16.0. The van der Waals surface area contributed by atoms with Gasteiger partial charge in [0.1, 0.15) is 18.1 Å². The number of hydrogen-bond acceptors (Lipinski definition) is 3. The Morgan fingerprint density at radius 2 is 1.77 bits per heavy atom. The van der Waals surface area contributed by atoms with Crippen molar-refractivity contribution in [3.8, 4) is 11.5 Å². The highest BCUT2D eigenvalue weighted by molar-refractivity contribution is 5.94. The van der Waals surface area contributed by atoms with Crippen LogP contribution in [0.1, 0.15) is 54.6 Å². The smallest absolute Gasteiger partial charge is 0.251 e. The molecular weight excluding hydrogens is 326 g/mol. The SMILES string of the molecule is CCCCCNC(=O)c1ccc(OCC)c(COc2ccc(C)cc2)c1. The fraction of sp³-hybridized carbons (Fsp3) is 0.409. The van der Waals surface area contributed by atoms with Crippen LogP contribution >= 0.6 is 0 Å². The minimum absolute atomic E-state index is 0.0549. The topological polar surface area (TPSA) is 47.6 Å². The number of benzene rings is 2. The Kier molecular flexibility index (Phi) is 8.00. The van der Waals surface area contributed by atoms with Crippen LogP contribution < -0.4 is 14.8 Å². The summed E-state index contributed by atoms with van der Waals surface area (Å²) in [7, 11) is 0. The van der Waals surface area contributed by atoms with Crippen LogP contribution in [0, 0.1) is 6.92 Å². The van der Waals surface area contributed by atoms with E-state index < -0.39 is 0 Å². The summed E-state index contributed by atoms with van der Waals surface area (Å²) < 4.78 is 11.6. The van der Waals surface area contributed by atoms with Crippen LogP contribution in [-0.4, -0.2) is 19.1 Å². The molecule has 1 amide bonds. The minimum Gasteiger partial charge on any atom is -0.493 e. The molecule has 0 heterocycles. The first kappa shape index (κ1) is 19.8. The maximum absolute atomic E-state index is 12.3. The summed E-state index contributed by atoms with van der Waals surface area (Å²) >= 11 is 0. The Morgan fingerprint density at radius 3 is 2.46 bits per heavy atom. The highest BCUT2D eigenvalue weighted by atomic mass is 16.5. The maximum Gasteiger partial charge on any atom is 0.251 e. The highest BCUT2D eigenvalue weighted by Gasteiger charge is 2.11. The number of hydrogen-bond donors (Lipinski definition) is 1. The van der Waals surface area contributed by atoms with Gasteiger partial charge in [-0.15, -0.1) is 0 Å². The number of rotatable bonds is 10. The Bertz CT molecular complexity index is 695. The van der Waals surface area contributed by atoms with E-state index in [-0.39, 0.29) is 5.91 Å². The molecule has 4 heteroatoms. The van der Waals surface area contributed by atoms with Crippen LogP contribution in [0.4, 0.5) is 0 Å². The molecule has 0 aliphatic heterocycles. The average molecular weight is 355 g/mol. The molecule has 0 aliphatic carbocycles. The summed E-state index contributed by atoms with van der Waals surface area (Å²) in [5.74, 6) is 1.50. The van der Waals surface area contributed by atoms with E-state index in [9.17, 15) is 4.79 Å². The van der Waals surface area contributed by atoms with Gasteiger partial charge in [0.05, 0.1) is 6.61 Å². The van der Waals surface area contributed by atoms with Crippen molar-refractivity contribution in [2.45, 2.75) is 46.6 Å². The molecular formula is C22H29NO3. The Morgan fingerprint density at radius 1 is 1.00 bits per heavy atom. The van der Waals surface area contributed by atoms with Crippen LogP contribution in [0.5, 0.6) is 11.5 Å². The Balaban J connectivity index is 2.06. The Labute approximate surface area is 156 Å². The second-order valence-electron chi connectivity index (χ2n) is 6.32. The standard InChI is InChI=1S/C22H29NO3/c1-4-6-7-14-23-22(24)18-10-13-21(25-5-2)19(15-18)16-26-20-11-8-17(3)9-12-20/h8-13,15H,4-7,14,16H2,1-3H3,(H,23,24). The lowest BCUT2D eigenvalue weighted by atomic mass is 10.1. The van der Waals surface area contributed by atoms with Crippen molar-refractivity contribution in [3.63, 3.8) is 0 Å². The molecule has 0 bridgehead atoms. The zero-order valence-corrected chi connectivity index (χ0v) is 16.0. The summed E-state index contributed by atoms with van der Waals surface area (Å²) in [5, 5.41) is 2.97. The third-order valence-corrected chi connectivity index (χ3v) is 4.10. The van der Waals surface area contributed by atoms with Crippen LogP contribution in [0.3, 0.4) is 0 Å². The third kappa shape index (κ3) is 6.10. The van der Waals surface area contributed by atoms with Gasteiger partial charge in [-0.05, 0) is 50.6 Å². The quantitative estimate of drug-likeness (QED) is 0.617. The molecule has 0 spiro atoms. The van der Waals surface area contributed by atoms with E-state index in [2.05, 4.69) is 12.2 Å². The van der Waals surface area contributed by atoms with Gasteiger partial charge in [-0.1, -0.05) is 37.5 Å². The fourth-order valence-corrected chi connectivity index (χ4v) is 2.60. The molecule has 2 aromatic carbocycles. The summed E-state index contributed by atoms with van der Waals surface area (Å²) in [6, 6.07) is 13.4. The van der Waals surface area contributed by atoms with Gasteiger partial charge >= 0.3 is 0 Å². The van der Waals surface area contributed by atoms with Crippen LogP contribution in [0.2, 0.25) is 0 Å². The molecule has 0 saturated heterocycles. The van der Waals surface area contributed by atoms with E-state index in [1.807, 2.05) is 50.2 Å². The van der Waals surface area contributed by atoms with Crippen molar-refractivity contribution in [1.82, 2.24) is 5.32 Å². The van der Waals surface area contributed by atoms with Crippen LogP contribution in [0.25, 0.3) is 0 Å². The van der Waals surface area contributed by atoms with E-state index >= 15 is 0 Å². The van der Waals surface area contributed by atoms with Gasteiger partial charge < -0.3 is 14.8 Å². The van der Waals surface area contributed by atoms with Crippen LogP contribution in [0.15, 0.2) is 42.5 Å². The first-order valence-electron chi connectivity index (χ1n) is 9.37. The fourth-order valence-electron chi connectivity index (χ4n) is 2.60. The van der Waals surface area contributed by atoms with Crippen LogP contribution in [-0.2, 0) is 6.61 Å². The van der Waals surface area contributed by atoms with Gasteiger partial charge in [0, 0.05) is 17.7 Å². The molecule has 26 heavy (non-hydrogen) atoms. The zero-order chi connectivity index (χ0) is 18.8. The monoisotopic (exact) mass is 355 g/mol. The highest BCUT2D eigenvalue weighted by Crippen LogP contribution is 2.23. The molecule has 2 rings (SSSR count). The summed E-state index contributed by atoms with van der Waals surface area (Å²) in [6.45, 7) is 7.76. The molecule has 0 aliphatic rings. The van der Waals surface area contributed by atoms with Gasteiger partial charge in [-0.3, -0.25) is 4.79 Å². The average Bonchev–Trinajstić information content (AvgIpc) is 2.65. The molecule has 4 nitrogen and oxygen atoms in total. The first-order chi connectivity index (χ1) is 12.6. The summed E-state index contributed by atoms with van der Waals surface area (Å²) in [6.07, 6.45) is 3.27. The molecule has 0 fully saturated rings. The van der Waals surface area contributed by atoms with Crippen molar-refractivity contribution >= 4 is 5.91 Å². The molecule has 0 aromatic heterocycles. The summed E-state index contributed by atoms with van der Waals surface area (Å²) in [4.78, 5) is 12.3. The van der Waals surface area contributed by atoms with Crippen molar-refractivity contribution < 1.29 is 14.3 Å². The van der Waals surface area contributed by atoms with E-state index in [0.717, 1.165) is 36.3 Å². The van der Waals surface area contributed by atoms with E-state index in [0.29, 0.717) is 25.3 Å². The van der Waals surface area contributed by atoms with Crippen molar-refractivity contribution in [1.29, 1.82) is 0 Å². The Hall–Kier alpha value is -2.49. The lowest BCUT2D eigenvalue weighted by Crippen LogP contribution is -2.24. The number of nitrogens with one attached hydrogen (secondary N) is 1. The number of ether oxygens (including phenoxy) is 2. The third-order valence-electron chi connectivity index (χ3n) is 4.10. The van der Waals surface area contributed by atoms with E-state index in [1.54, 1.807) is 6.07 Å². The number of carbonyl (C=O) groups is 1. The largest absolute Gasteiger partial charge is 0.493 e. The minimum atomic E-state index is -0.0549. The van der Waals surface area contributed by atoms with Crippen molar-refractivity contribution in [2.24, 2.45) is 0 Å². The lowest BCUT2D eigenvalue weighted by Gasteiger charge is -2.13. The van der Waals surface area contributed by atoms with E-state index in [4.69, 9.17) is 9.47 Å². The molecule has 1 N–H and O–H groups in total. The molecule has 0 saturated carbocycles.